The van der Waals surface area contributed by atoms with Gasteiger partial charge in [-0.05, 0) is 24.8 Å². The first-order valence-corrected chi connectivity index (χ1v) is 5.39. The molecule has 2 atom stereocenters. The quantitative estimate of drug-likeness (QED) is 0.604. The molecule has 1 fully saturated rings. The number of halogens is 1. The standard InChI is InChI=1S/C10H20ClN/c1-8(2)6-12-5-4-10(11)9(3)7-12/h8-10H,4-7H2,1-3H3. The summed E-state index contributed by atoms with van der Waals surface area (Å²) in [4.78, 5) is 2.54. The predicted molar refractivity (Wildman–Crippen MR) is 54.7 cm³/mol. The minimum absolute atomic E-state index is 0.411. The Morgan fingerprint density at radius 2 is 2.17 bits per heavy atom. The van der Waals surface area contributed by atoms with E-state index in [1.807, 2.05) is 0 Å². The number of hydrogen-bond donors (Lipinski definition) is 0. The zero-order chi connectivity index (χ0) is 9.14. The van der Waals surface area contributed by atoms with Crippen LogP contribution in [-0.4, -0.2) is 29.9 Å². The SMILES string of the molecule is CC(C)CN1CCC(Cl)C(C)C1. The van der Waals surface area contributed by atoms with Crippen LogP contribution < -0.4 is 0 Å². The van der Waals surface area contributed by atoms with E-state index in [0.717, 1.165) is 12.3 Å². The van der Waals surface area contributed by atoms with Gasteiger partial charge in [0.25, 0.3) is 0 Å². The maximum Gasteiger partial charge on any atom is 0.0386 e. The fourth-order valence-electron chi connectivity index (χ4n) is 1.89. The molecule has 2 unspecified atom stereocenters. The number of rotatable bonds is 2. The van der Waals surface area contributed by atoms with Gasteiger partial charge >= 0.3 is 0 Å². The molecule has 0 N–H and O–H groups in total. The van der Waals surface area contributed by atoms with Crippen LogP contribution in [0.25, 0.3) is 0 Å². The fraction of sp³-hybridized carbons (Fsp3) is 1.00. The van der Waals surface area contributed by atoms with E-state index in [9.17, 15) is 0 Å². The van der Waals surface area contributed by atoms with Crippen molar-refractivity contribution < 1.29 is 0 Å². The van der Waals surface area contributed by atoms with Gasteiger partial charge in [-0.3, -0.25) is 0 Å². The molecule has 1 heterocycles. The van der Waals surface area contributed by atoms with Gasteiger partial charge in [-0.2, -0.15) is 0 Å². The molecule has 0 aromatic heterocycles. The van der Waals surface area contributed by atoms with Crippen LogP contribution in [0.1, 0.15) is 27.2 Å². The smallest absolute Gasteiger partial charge is 0.0386 e. The maximum absolute atomic E-state index is 6.14. The van der Waals surface area contributed by atoms with Gasteiger partial charge in [-0.25, -0.2) is 0 Å². The van der Waals surface area contributed by atoms with Gasteiger partial charge in [0.1, 0.15) is 0 Å². The second kappa shape index (κ2) is 4.48. The van der Waals surface area contributed by atoms with E-state index in [0.29, 0.717) is 11.3 Å². The lowest BCUT2D eigenvalue weighted by molar-refractivity contribution is 0.170. The highest BCUT2D eigenvalue weighted by Crippen LogP contribution is 2.21. The second-order valence-electron chi connectivity index (χ2n) is 4.44. The lowest BCUT2D eigenvalue weighted by atomic mass is 9.99. The van der Waals surface area contributed by atoms with Crippen molar-refractivity contribution in [2.24, 2.45) is 11.8 Å². The molecule has 0 amide bonds. The zero-order valence-electron chi connectivity index (χ0n) is 8.39. The Bertz CT molecular complexity index is 136. The van der Waals surface area contributed by atoms with Gasteiger partial charge in [-0.1, -0.05) is 20.8 Å². The van der Waals surface area contributed by atoms with E-state index < -0.39 is 0 Å². The molecule has 2 heteroatoms. The number of likely N-dealkylation sites (tertiary alicyclic amines) is 1. The Hall–Kier alpha value is 0.250. The van der Waals surface area contributed by atoms with Crippen molar-refractivity contribution in [1.82, 2.24) is 4.90 Å². The van der Waals surface area contributed by atoms with Crippen LogP contribution >= 0.6 is 11.6 Å². The zero-order valence-corrected chi connectivity index (χ0v) is 9.14. The van der Waals surface area contributed by atoms with E-state index >= 15 is 0 Å². The van der Waals surface area contributed by atoms with Crippen LogP contribution in [0.5, 0.6) is 0 Å². The van der Waals surface area contributed by atoms with Gasteiger partial charge in [0.2, 0.25) is 0 Å². The third-order valence-corrected chi connectivity index (χ3v) is 3.16. The third-order valence-electron chi connectivity index (χ3n) is 2.51. The molecular formula is C10H20ClN. The molecule has 0 aliphatic carbocycles. The summed E-state index contributed by atoms with van der Waals surface area (Å²) >= 11 is 6.14. The summed E-state index contributed by atoms with van der Waals surface area (Å²) in [5.74, 6) is 1.45. The van der Waals surface area contributed by atoms with E-state index in [2.05, 4.69) is 25.7 Å². The topological polar surface area (TPSA) is 3.24 Å². The van der Waals surface area contributed by atoms with E-state index in [4.69, 9.17) is 11.6 Å². The van der Waals surface area contributed by atoms with Crippen LogP contribution in [0, 0.1) is 11.8 Å². The number of hydrogen-bond acceptors (Lipinski definition) is 1. The molecule has 0 radical (unpaired) electrons. The van der Waals surface area contributed by atoms with Crippen molar-refractivity contribution in [2.45, 2.75) is 32.6 Å². The molecule has 0 aromatic rings. The van der Waals surface area contributed by atoms with E-state index in [1.54, 1.807) is 0 Å². The Balaban J connectivity index is 2.30. The molecule has 72 valence electrons. The monoisotopic (exact) mass is 189 g/mol. The van der Waals surface area contributed by atoms with E-state index in [1.165, 1.54) is 19.6 Å². The number of alkyl halides is 1. The first kappa shape index (κ1) is 10.3. The van der Waals surface area contributed by atoms with E-state index in [-0.39, 0.29) is 0 Å². The van der Waals surface area contributed by atoms with Gasteiger partial charge in [0.05, 0.1) is 0 Å². The highest BCUT2D eigenvalue weighted by Gasteiger charge is 2.24. The largest absolute Gasteiger partial charge is 0.303 e. The first-order valence-electron chi connectivity index (χ1n) is 4.96. The second-order valence-corrected chi connectivity index (χ2v) is 5.00. The molecule has 0 aromatic carbocycles. The van der Waals surface area contributed by atoms with Gasteiger partial charge in [-0.15, -0.1) is 11.6 Å². The average molecular weight is 190 g/mol. The van der Waals surface area contributed by atoms with Crippen LogP contribution in [0.3, 0.4) is 0 Å². The summed E-state index contributed by atoms with van der Waals surface area (Å²) in [6.07, 6.45) is 1.16. The molecule has 0 saturated carbocycles. The summed E-state index contributed by atoms with van der Waals surface area (Å²) in [5.41, 5.74) is 0. The van der Waals surface area contributed by atoms with Crippen molar-refractivity contribution in [3.8, 4) is 0 Å². The average Bonchev–Trinajstić information content (AvgIpc) is 1.96. The molecule has 1 nitrogen and oxygen atoms in total. The molecule has 1 rings (SSSR count). The van der Waals surface area contributed by atoms with Crippen LogP contribution in [0.2, 0.25) is 0 Å². The highest BCUT2D eigenvalue weighted by atomic mass is 35.5. The molecule has 1 aliphatic rings. The molecule has 1 saturated heterocycles. The number of nitrogens with zero attached hydrogens (tertiary/aromatic N) is 1. The predicted octanol–water partition coefficient (Wildman–Crippen LogP) is 2.59. The summed E-state index contributed by atoms with van der Waals surface area (Å²) in [6, 6.07) is 0. The Morgan fingerprint density at radius 1 is 1.50 bits per heavy atom. The molecule has 0 spiro atoms. The van der Waals surface area contributed by atoms with Gasteiger partial charge in [0.15, 0.2) is 0 Å². The Labute approximate surface area is 81.1 Å². The van der Waals surface area contributed by atoms with Crippen molar-refractivity contribution in [3.05, 3.63) is 0 Å². The van der Waals surface area contributed by atoms with Crippen LogP contribution in [0.4, 0.5) is 0 Å². The normalized spacial score (nSPS) is 32.8. The molecule has 1 aliphatic heterocycles. The van der Waals surface area contributed by atoms with Crippen molar-refractivity contribution in [3.63, 3.8) is 0 Å². The lowest BCUT2D eigenvalue weighted by Gasteiger charge is -2.34. The first-order chi connectivity index (χ1) is 5.59. The lowest BCUT2D eigenvalue weighted by Crippen LogP contribution is -2.41. The van der Waals surface area contributed by atoms with Crippen LogP contribution in [0.15, 0.2) is 0 Å². The Kier molecular flexibility index (Phi) is 3.85. The molecule has 12 heavy (non-hydrogen) atoms. The Morgan fingerprint density at radius 3 is 2.67 bits per heavy atom. The third kappa shape index (κ3) is 2.95. The molecule has 0 bridgehead atoms. The molecular weight excluding hydrogens is 170 g/mol. The summed E-state index contributed by atoms with van der Waals surface area (Å²) in [6.45, 7) is 10.4. The number of piperidine rings is 1. The van der Waals surface area contributed by atoms with Crippen LogP contribution in [-0.2, 0) is 0 Å². The summed E-state index contributed by atoms with van der Waals surface area (Å²) in [5, 5.41) is 0.411. The minimum atomic E-state index is 0.411. The van der Waals surface area contributed by atoms with Crippen molar-refractivity contribution >= 4 is 11.6 Å². The highest BCUT2D eigenvalue weighted by molar-refractivity contribution is 6.20. The van der Waals surface area contributed by atoms with Gasteiger partial charge in [0, 0.05) is 18.5 Å². The fourth-order valence-corrected chi connectivity index (χ4v) is 2.06. The summed E-state index contributed by atoms with van der Waals surface area (Å²) in [7, 11) is 0. The maximum atomic E-state index is 6.14. The van der Waals surface area contributed by atoms with Crippen molar-refractivity contribution in [2.75, 3.05) is 19.6 Å². The van der Waals surface area contributed by atoms with Crippen molar-refractivity contribution in [1.29, 1.82) is 0 Å². The minimum Gasteiger partial charge on any atom is -0.303 e. The summed E-state index contributed by atoms with van der Waals surface area (Å²) < 4.78 is 0. The van der Waals surface area contributed by atoms with Gasteiger partial charge < -0.3 is 4.90 Å².